The van der Waals surface area contributed by atoms with Crippen molar-refractivity contribution >= 4 is 17.9 Å². The second-order valence-corrected chi connectivity index (χ2v) is 3.76. The Hall–Kier alpha value is -2.12. The van der Waals surface area contributed by atoms with Crippen LogP contribution in [0, 0.1) is 11.3 Å². The second kappa shape index (κ2) is 4.40. The highest BCUT2D eigenvalue weighted by atomic mass is 16.6. The Balaban J connectivity index is 2.49. The van der Waals surface area contributed by atoms with E-state index in [9.17, 15) is 4.79 Å². The van der Waals surface area contributed by atoms with Gasteiger partial charge in [-0.15, -0.1) is 0 Å². The van der Waals surface area contributed by atoms with Crippen LogP contribution in [0.1, 0.15) is 12.5 Å². The van der Waals surface area contributed by atoms with Gasteiger partial charge in [0.05, 0.1) is 6.61 Å². The highest BCUT2D eigenvalue weighted by molar-refractivity contribution is 5.92. The number of benzene rings is 1. The van der Waals surface area contributed by atoms with Crippen molar-refractivity contribution in [3.8, 4) is 6.07 Å². The van der Waals surface area contributed by atoms with Gasteiger partial charge in [-0.05, 0) is 13.0 Å². The molecule has 1 amide bonds. The lowest BCUT2D eigenvalue weighted by Crippen LogP contribution is -2.49. The molecule has 1 aliphatic heterocycles. The lowest BCUT2D eigenvalue weighted by molar-refractivity contribution is 0.127. The molecule has 1 atom stereocenters. The number of quaternary nitrogens is 1. The monoisotopic (exact) mass is 229 g/mol. The zero-order valence-electron chi connectivity index (χ0n) is 9.59. The molecule has 0 spiro atoms. The summed E-state index contributed by atoms with van der Waals surface area (Å²) >= 11 is 0. The molecule has 1 unspecified atom stereocenters. The molecule has 1 aromatic rings. The van der Waals surface area contributed by atoms with Gasteiger partial charge in [-0.25, -0.2) is 0 Å². The van der Waals surface area contributed by atoms with E-state index in [1.165, 1.54) is 0 Å². The number of amides is 1. The van der Waals surface area contributed by atoms with Crippen molar-refractivity contribution in [1.82, 2.24) is 4.48 Å². The summed E-state index contributed by atoms with van der Waals surface area (Å²) in [5.41, 5.74) is 1.75. The molecule has 0 saturated carbocycles. The van der Waals surface area contributed by atoms with Gasteiger partial charge in [0, 0.05) is 17.7 Å². The fourth-order valence-corrected chi connectivity index (χ4v) is 1.99. The zero-order valence-corrected chi connectivity index (χ0v) is 9.59. The summed E-state index contributed by atoms with van der Waals surface area (Å²) in [6, 6.07) is 9.58. The largest absolute Gasteiger partial charge is 0.526 e. The van der Waals surface area contributed by atoms with Crippen LogP contribution in [0.3, 0.4) is 0 Å². The Morgan fingerprint density at radius 2 is 2.24 bits per heavy atom. The van der Waals surface area contributed by atoms with E-state index < -0.39 is 6.09 Å². The SMILES string of the molecule is CCOC(=O)[N+]1(CC#N)C=Cc2ccccc21. The summed E-state index contributed by atoms with van der Waals surface area (Å²) in [4.78, 5) is 12.1. The van der Waals surface area contributed by atoms with E-state index in [1.807, 2.05) is 30.3 Å². The van der Waals surface area contributed by atoms with Gasteiger partial charge < -0.3 is 4.74 Å². The molecule has 4 heteroatoms. The third-order valence-electron chi connectivity index (χ3n) is 2.79. The molecule has 1 heterocycles. The Morgan fingerprint density at radius 1 is 1.47 bits per heavy atom. The average molecular weight is 229 g/mol. The van der Waals surface area contributed by atoms with Crippen molar-refractivity contribution in [1.29, 1.82) is 5.26 Å². The van der Waals surface area contributed by atoms with Crippen molar-refractivity contribution in [3.05, 3.63) is 36.0 Å². The van der Waals surface area contributed by atoms with Gasteiger partial charge in [0.1, 0.15) is 12.3 Å². The molecule has 1 aliphatic rings. The van der Waals surface area contributed by atoms with Crippen LogP contribution in [0.5, 0.6) is 0 Å². The van der Waals surface area contributed by atoms with Crippen LogP contribution in [0.25, 0.3) is 6.08 Å². The van der Waals surface area contributed by atoms with Crippen LogP contribution in [0.15, 0.2) is 30.5 Å². The summed E-state index contributed by atoms with van der Waals surface area (Å²) in [7, 11) is 0. The van der Waals surface area contributed by atoms with Crippen molar-refractivity contribution in [2.75, 3.05) is 13.2 Å². The highest BCUT2D eigenvalue weighted by Gasteiger charge is 2.43. The van der Waals surface area contributed by atoms with Gasteiger partial charge in [-0.1, -0.05) is 12.1 Å². The molecule has 17 heavy (non-hydrogen) atoms. The van der Waals surface area contributed by atoms with Crippen molar-refractivity contribution in [2.45, 2.75) is 6.92 Å². The standard InChI is InChI=1S/C13H13N2O2/c1-2-17-13(16)15(10-8-14)9-7-11-5-3-4-6-12(11)15/h3-7,9H,2,10H2,1H3/q+1. The molecular weight excluding hydrogens is 216 g/mol. The Labute approximate surface area is 99.9 Å². The van der Waals surface area contributed by atoms with E-state index in [1.54, 1.807) is 13.1 Å². The summed E-state index contributed by atoms with van der Waals surface area (Å²) in [6.45, 7) is 2.11. The lowest BCUT2D eigenvalue weighted by Gasteiger charge is -2.24. The smallest absolute Gasteiger partial charge is 0.420 e. The third kappa shape index (κ3) is 1.71. The van der Waals surface area contributed by atoms with Crippen LogP contribution in [0.4, 0.5) is 10.5 Å². The van der Waals surface area contributed by atoms with Gasteiger partial charge in [0.2, 0.25) is 0 Å². The maximum Gasteiger partial charge on any atom is 0.526 e. The van der Waals surface area contributed by atoms with Gasteiger partial charge >= 0.3 is 6.09 Å². The molecule has 0 saturated heterocycles. The molecule has 0 aliphatic carbocycles. The molecule has 0 fully saturated rings. The number of nitrogens with zero attached hydrogens (tertiary/aromatic N) is 2. The average Bonchev–Trinajstić information content (AvgIpc) is 2.71. The van der Waals surface area contributed by atoms with Gasteiger partial charge in [0.25, 0.3) is 0 Å². The minimum Gasteiger partial charge on any atom is -0.420 e. The molecule has 0 aromatic heterocycles. The van der Waals surface area contributed by atoms with Crippen LogP contribution in [0.2, 0.25) is 0 Å². The van der Waals surface area contributed by atoms with Crippen LogP contribution >= 0.6 is 0 Å². The zero-order chi connectivity index (χ0) is 12.3. The second-order valence-electron chi connectivity index (χ2n) is 3.76. The third-order valence-corrected chi connectivity index (χ3v) is 2.79. The maximum atomic E-state index is 12.1. The first kappa shape index (κ1) is 11.4. The topological polar surface area (TPSA) is 50.1 Å². The summed E-state index contributed by atoms with van der Waals surface area (Å²) in [5.74, 6) is 0. The quantitative estimate of drug-likeness (QED) is 0.578. The predicted molar refractivity (Wildman–Crippen MR) is 64.8 cm³/mol. The highest BCUT2D eigenvalue weighted by Crippen LogP contribution is 2.35. The van der Waals surface area contributed by atoms with Crippen molar-refractivity contribution < 1.29 is 9.53 Å². The van der Waals surface area contributed by atoms with E-state index in [-0.39, 0.29) is 11.0 Å². The summed E-state index contributed by atoms with van der Waals surface area (Å²) < 4.78 is 4.90. The number of para-hydroxylation sites is 1. The molecule has 2 rings (SSSR count). The minimum absolute atomic E-state index is 0.0480. The van der Waals surface area contributed by atoms with E-state index in [0.29, 0.717) is 6.61 Å². The normalized spacial score (nSPS) is 20.7. The lowest BCUT2D eigenvalue weighted by atomic mass is 10.2. The van der Waals surface area contributed by atoms with Crippen molar-refractivity contribution in [3.63, 3.8) is 0 Å². The maximum absolute atomic E-state index is 12.1. The number of rotatable bonds is 2. The predicted octanol–water partition coefficient (Wildman–Crippen LogP) is 2.66. The minimum atomic E-state index is -0.407. The first-order valence-electron chi connectivity index (χ1n) is 5.45. The number of ether oxygens (including phenoxy) is 1. The first-order chi connectivity index (χ1) is 8.24. The van der Waals surface area contributed by atoms with E-state index in [0.717, 1.165) is 11.3 Å². The number of fused-ring (bicyclic) bond motifs is 1. The number of hydrogen-bond acceptors (Lipinski definition) is 3. The summed E-state index contributed by atoms with van der Waals surface area (Å²) in [5, 5.41) is 8.93. The number of carbonyl (C=O) groups is 1. The fraction of sp³-hybridized carbons (Fsp3) is 0.231. The Kier molecular flexibility index (Phi) is 2.94. The molecule has 0 bridgehead atoms. The molecule has 1 aromatic carbocycles. The van der Waals surface area contributed by atoms with Gasteiger partial charge in [0.15, 0.2) is 12.2 Å². The number of carbonyl (C=O) groups excluding carboxylic acids is 1. The Bertz CT molecular complexity index is 516. The fourth-order valence-electron chi connectivity index (χ4n) is 1.99. The Morgan fingerprint density at radius 3 is 2.94 bits per heavy atom. The molecular formula is C13H13N2O2+. The van der Waals surface area contributed by atoms with E-state index in [4.69, 9.17) is 10.00 Å². The molecule has 86 valence electrons. The van der Waals surface area contributed by atoms with E-state index in [2.05, 4.69) is 6.07 Å². The number of hydrogen-bond donors (Lipinski definition) is 0. The van der Waals surface area contributed by atoms with E-state index >= 15 is 0 Å². The summed E-state index contributed by atoms with van der Waals surface area (Å²) in [6.07, 6.45) is 3.16. The first-order valence-corrected chi connectivity index (χ1v) is 5.45. The molecule has 0 N–H and O–H groups in total. The van der Waals surface area contributed by atoms with Crippen LogP contribution in [-0.4, -0.2) is 19.2 Å². The van der Waals surface area contributed by atoms with Gasteiger partial charge in [-0.3, -0.25) is 0 Å². The van der Waals surface area contributed by atoms with Crippen LogP contribution in [-0.2, 0) is 4.74 Å². The molecule has 4 nitrogen and oxygen atoms in total. The number of nitriles is 1. The van der Waals surface area contributed by atoms with Gasteiger partial charge in [-0.2, -0.15) is 14.5 Å². The molecule has 0 radical (unpaired) electrons. The van der Waals surface area contributed by atoms with Crippen LogP contribution < -0.4 is 4.48 Å². The van der Waals surface area contributed by atoms with Crippen molar-refractivity contribution in [2.24, 2.45) is 0 Å².